The SMILES string of the molecule is CCCC[n+]1ccc(C)cc1.CCCC[n+]1ccc(C)cc1.[O-]B([O-])F. The van der Waals surface area contributed by atoms with Crippen LogP contribution in [0.4, 0.5) is 4.32 Å². The van der Waals surface area contributed by atoms with Gasteiger partial charge in [-0.1, -0.05) is 26.7 Å². The first-order chi connectivity index (χ1) is 12.4. The van der Waals surface area contributed by atoms with Crippen LogP contribution in [0.15, 0.2) is 49.1 Å². The molecule has 4 nitrogen and oxygen atoms in total. The van der Waals surface area contributed by atoms with Gasteiger partial charge in [-0.2, -0.15) is 0 Å². The van der Waals surface area contributed by atoms with Crippen molar-refractivity contribution in [2.45, 2.75) is 66.5 Å². The van der Waals surface area contributed by atoms with Crippen molar-refractivity contribution >= 4 is 7.40 Å². The van der Waals surface area contributed by atoms with Crippen molar-refractivity contribution in [1.82, 2.24) is 0 Å². The Balaban J connectivity index is 0.000000401. The molecule has 0 spiro atoms. The molecule has 2 aromatic heterocycles. The fourth-order valence-electron chi connectivity index (χ4n) is 2.04. The van der Waals surface area contributed by atoms with Gasteiger partial charge in [0.15, 0.2) is 24.8 Å². The lowest BCUT2D eigenvalue weighted by atomic mass is 10.3. The minimum Gasteiger partial charge on any atom is -0.867 e. The van der Waals surface area contributed by atoms with Crippen LogP contribution in [0.1, 0.15) is 50.7 Å². The van der Waals surface area contributed by atoms with Gasteiger partial charge in [0.25, 0.3) is 0 Å². The highest BCUT2D eigenvalue weighted by molar-refractivity contribution is 6.27. The standard InChI is InChI=1S/2C10H16N.BFO2/c2*1-3-4-7-11-8-5-10(2)6-9-11;2-1(3)4/h2*5-6,8-9H,3-4,7H2,1-2H3;/q2*+1;-2. The fourth-order valence-corrected chi connectivity index (χ4v) is 2.04. The number of rotatable bonds is 6. The third kappa shape index (κ3) is 14.5. The van der Waals surface area contributed by atoms with Crippen molar-refractivity contribution in [2.75, 3.05) is 0 Å². The van der Waals surface area contributed by atoms with Crippen LogP contribution >= 0.6 is 0 Å². The molecular formula is C20H32BFN2O2. The van der Waals surface area contributed by atoms with Gasteiger partial charge in [-0.15, -0.1) is 0 Å². The van der Waals surface area contributed by atoms with Crippen LogP contribution in [-0.2, 0) is 13.1 Å². The van der Waals surface area contributed by atoms with Gasteiger partial charge in [0, 0.05) is 37.1 Å². The van der Waals surface area contributed by atoms with Gasteiger partial charge in [-0.05, 0) is 25.0 Å². The average Bonchev–Trinajstić information content (AvgIpc) is 2.61. The van der Waals surface area contributed by atoms with Crippen LogP contribution in [0.3, 0.4) is 0 Å². The van der Waals surface area contributed by atoms with Gasteiger partial charge >= 0.3 is 0 Å². The van der Waals surface area contributed by atoms with E-state index < -0.39 is 7.40 Å². The molecule has 0 N–H and O–H groups in total. The fraction of sp³-hybridized carbons (Fsp3) is 0.500. The molecule has 26 heavy (non-hydrogen) atoms. The normalized spacial score (nSPS) is 9.50. The van der Waals surface area contributed by atoms with E-state index in [-0.39, 0.29) is 0 Å². The van der Waals surface area contributed by atoms with Gasteiger partial charge in [0.05, 0.1) is 0 Å². The molecule has 2 aromatic rings. The smallest absolute Gasteiger partial charge is 0.169 e. The van der Waals surface area contributed by atoms with Gasteiger partial charge < -0.3 is 14.4 Å². The second kappa shape index (κ2) is 15.5. The summed E-state index contributed by atoms with van der Waals surface area (Å²) < 4.78 is 14.4. The molecule has 0 atom stereocenters. The summed E-state index contributed by atoms with van der Waals surface area (Å²) in [6.07, 6.45) is 13.6. The lowest BCUT2D eigenvalue weighted by Crippen LogP contribution is -2.39. The molecule has 0 amide bonds. The summed E-state index contributed by atoms with van der Waals surface area (Å²) >= 11 is 0. The van der Waals surface area contributed by atoms with Gasteiger partial charge in [0.1, 0.15) is 20.5 Å². The molecule has 0 aromatic carbocycles. The third-order valence-corrected chi connectivity index (χ3v) is 3.66. The minimum absolute atomic E-state index is 1.15. The Morgan fingerprint density at radius 1 is 0.769 bits per heavy atom. The molecule has 0 radical (unpaired) electrons. The van der Waals surface area contributed by atoms with E-state index in [0.29, 0.717) is 0 Å². The molecule has 144 valence electrons. The summed E-state index contributed by atoms with van der Waals surface area (Å²) in [6, 6.07) is 8.59. The Morgan fingerprint density at radius 2 is 1.04 bits per heavy atom. The van der Waals surface area contributed by atoms with Gasteiger partial charge in [0.2, 0.25) is 0 Å². The van der Waals surface area contributed by atoms with E-state index in [0.717, 1.165) is 13.1 Å². The largest absolute Gasteiger partial charge is 0.867 e. The average molecular weight is 362 g/mol. The minimum atomic E-state index is -3.17. The predicted molar refractivity (Wildman–Crippen MR) is 99.4 cm³/mol. The number of aryl methyl sites for hydroxylation is 4. The molecule has 2 heterocycles. The summed E-state index contributed by atoms with van der Waals surface area (Å²) in [5.74, 6) is 0. The molecular weight excluding hydrogens is 330 g/mol. The third-order valence-electron chi connectivity index (χ3n) is 3.66. The van der Waals surface area contributed by atoms with E-state index in [1.807, 2.05) is 0 Å². The molecule has 0 saturated heterocycles. The van der Waals surface area contributed by atoms with Crippen LogP contribution in [0.2, 0.25) is 0 Å². The van der Waals surface area contributed by atoms with Crippen LogP contribution < -0.4 is 19.2 Å². The van der Waals surface area contributed by atoms with Crippen LogP contribution in [0.25, 0.3) is 0 Å². The van der Waals surface area contributed by atoms with Crippen molar-refractivity contribution in [2.24, 2.45) is 0 Å². The Hall–Kier alpha value is -1.79. The maximum Gasteiger partial charge on any atom is 0.169 e. The Bertz CT molecular complexity index is 511. The Kier molecular flexibility index (Phi) is 14.4. The molecule has 0 aliphatic heterocycles. The lowest BCUT2D eigenvalue weighted by Gasteiger charge is -2.09. The van der Waals surface area contributed by atoms with Crippen molar-refractivity contribution in [3.8, 4) is 0 Å². The second-order valence-electron chi connectivity index (χ2n) is 6.21. The van der Waals surface area contributed by atoms with E-state index in [9.17, 15) is 4.32 Å². The van der Waals surface area contributed by atoms with Gasteiger partial charge in [-0.25, -0.2) is 9.13 Å². The first kappa shape index (κ1) is 24.2. The zero-order valence-corrected chi connectivity index (χ0v) is 16.5. The van der Waals surface area contributed by atoms with Crippen LogP contribution in [0, 0.1) is 13.8 Å². The van der Waals surface area contributed by atoms with E-state index in [2.05, 4.69) is 85.9 Å². The lowest BCUT2D eigenvalue weighted by molar-refractivity contribution is -0.697. The maximum absolute atomic E-state index is 9.89. The number of aromatic nitrogens is 2. The molecule has 0 aliphatic carbocycles. The first-order valence-electron chi connectivity index (χ1n) is 9.26. The van der Waals surface area contributed by atoms with Crippen LogP contribution in [-0.4, -0.2) is 7.40 Å². The van der Waals surface area contributed by atoms with E-state index in [1.165, 1.54) is 36.8 Å². The number of nitrogens with zero attached hydrogens (tertiary/aromatic N) is 2. The van der Waals surface area contributed by atoms with Gasteiger partial charge in [-0.3, -0.25) is 0 Å². The molecule has 0 fully saturated rings. The summed E-state index contributed by atoms with van der Waals surface area (Å²) in [5, 5.41) is 16.6. The van der Waals surface area contributed by atoms with Crippen molar-refractivity contribution in [3.63, 3.8) is 0 Å². The van der Waals surface area contributed by atoms with Crippen LogP contribution in [0.5, 0.6) is 0 Å². The van der Waals surface area contributed by atoms with Crippen molar-refractivity contribution in [1.29, 1.82) is 0 Å². The van der Waals surface area contributed by atoms with E-state index in [1.54, 1.807) is 0 Å². The zero-order valence-electron chi connectivity index (χ0n) is 16.5. The van der Waals surface area contributed by atoms with Crippen molar-refractivity contribution in [3.05, 3.63) is 60.2 Å². The second-order valence-corrected chi connectivity index (χ2v) is 6.21. The molecule has 6 heteroatoms. The molecule has 2 rings (SSSR count). The topological polar surface area (TPSA) is 53.9 Å². The summed E-state index contributed by atoms with van der Waals surface area (Å²) in [4.78, 5) is 0. The number of hydrogen-bond donors (Lipinski definition) is 0. The first-order valence-corrected chi connectivity index (χ1v) is 9.26. The predicted octanol–water partition coefficient (Wildman–Crippen LogP) is 1.83. The summed E-state index contributed by atoms with van der Waals surface area (Å²) in [7, 11) is -3.17. The number of unbranched alkanes of at least 4 members (excludes halogenated alkanes) is 2. The number of hydrogen-bond acceptors (Lipinski definition) is 2. The molecule has 0 saturated carbocycles. The van der Waals surface area contributed by atoms with Crippen molar-refractivity contribution < 1.29 is 23.5 Å². The quantitative estimate of drug-likeness (QED) is 0.582. The molecule has 0 aliphatic rings. The monoisotopic (exact) mass is 362 g/mol. The highest BCUT2D eigenvalue weighted by atomic mass is 19.1. The molecule has 0 bridgehead atoms. The Labute approximate surface area is 158 Å². The molecule has 0 unspecified atom stereocenters. The van der Waals surface area contributed by atoms with E-state index in [4.69, 9.17) is 10.0 Å². The Morgan fingerprint density at radius 3 is 1.27 bits per heavy atom. The highest BCUT2D eigenvalue weighted by Gasteiger charge is 1.96. The zero-order chi connectivity index (χ0) is 19.8. The summed E-state index contributed by atoms with van der Waals surface area (Å²) in [6.45, 7) is 11.0. The number of pyridine rings is 2. The maximum atomic E-state index is 9.89. The summed E-state index contributed by atoms with van der Waals surface area (Å²) in [5.41, 5.74) is 2.66. The highest BCUT2D eigenvalue weighted by Crippen LogP contribution is 1.92. The van der Waals surface area contributed by atoms with E-state index >= 15 is 0 Å². The number of halogens is 1.